The highest BCUT2D eigenvalue weighted by Gasteiger charge is 2.44. The Morgan fingerprint density at radius 2 is 0.538 bits per heavy atom. The minimum Gasteiger partial charge on any atom is -0.289 e. The molecule has 0 saturated heterocycles. The quantitative estimate of drug-likeness (QED) is 0.173. The van der Waals surface area contributed by atoms with Crippen LogP contribution in [0, 0.1) is 0 Å². The Balaban J connectivity index is 1.32. The molecule has 0 bridgehead atoms. The van der Waals surface area contributed by atoms with Crippen LogP contribution in [0.4, 0.5) is 0 Å². The molecule has 0 aromatic heterocycles. The summed E-state index contributed by atoms with van der Waals surface area (Å²) in [5.41, 5.74) is 8.07. The van der Waals surface area contributed by atoms with Crippen molar-refractivity contribution in [2.24, 2.45) is 0 Å². The summed E-state index contributed by atoms with van der Waals surface area (Å²) in [6.07, 6.45) is 18.3. The van der Waals surface area contributed by atoms with E-state index in [9.17, 15) is 0 Å². The van der Waals surface area contributed by atoms with Crippen molar-refractivity contribution in [2.45, 2.75) is 126 Å². The van der Waals surface area contributed by atoms with Crippen molar-refractivity contribution in [1.82, 2.24) is 0 Å². The van der Waals surface area contributed by atoms with Gasteiger partial charge in [0.05, 0.1) is 0 Å². The number of fused-ring (bicyclic) bond motifs is 6. The summed E-state index contributed by atoms with van der Waals surface area (Å²) >= 11 is 0. The van der Waals surface area contributed by atoms with Crippen molar-refractivity contribution in [3.8, 4) is 0 Å². The SMILES string of the molecule is O=C1c2c(c(C3CCCC3)c3cc4ccccc4cc3c2C2CCCC2)C(=O)c2c1c(C1CCCC1)c1cc3ccccc3cc1c2C1CCCC1. The van der Waals surface area contributed by atoms with Crippen molar-refractivity contribution in [3.05, 3.63) is 117 Å². The van der Waals surface area contributed by atoms with Gasteiger partial charge in [0, 0.05) is 22.3 Å². The van der Waals surface area contributed by atoms with Crippen LogP contribution >= 0.6 is 0 Å². The lowest BCUT2D eigenvalue weighted by Crippen LogP contribution is -2.30. The van der Waals surface area contributed by atoms with Gasteiger partial charge in [-0.3, -0.25) is 9.59 Å². The highest BCUT2D eigenvalue weighted by Crippen LogP contribution is 2.55. The second kappa shape index (κ2) is 12.1. The normalized spacial score (nSPS) is 20.4. The molecule has 5 aliphatic rings. The zero-order valence-electron chi connectivity index (χ0n) is 30.4. The molecule has 4 saturated carbocycles. The minimum atomic E-state index is 0.178. The largest absolute Gasteiger partial charge is 0.289 e. The Morgan fingerprint density at radius 3 is 0.750 bits per heavy atom. The van der Waals surface area contributed by atoms with Gasteiger partial charge in [-0.1, -0.05) is 99.9 Å². The first kappa shape index (κ1) is 31.2. The minimum absolute atomic E-state index is 0.178. The first-order valence-electron chi connectivity index (χ1n) is 20.8. The molecule has 6 aromatic carbocycles. The maximum atomic E-state index is 16.2. The van der Waals surface area contributed by atoms with Gasteiger partial charge in [-0.15, -0.1) is 0 Å². The van der Waals surface area contributed by atoms with Crippen LogP contribution in [-0.4, -0.2) is 11.6 Å². The summed E-state index contributed by atoms with van der Waals surface area (Å²) in [7, 11) is 0. The molecule has 0 unspecified atom stereocenters. The molecule has 0 heterocycles. The van der Waals surface area contributed by atoms with Crippen LogP contribution in [0.15, 0.2) is 72.8 Å². The van der Waals surface area contributed by atoms with E-state index in [1.165, 1.54) is 117 Å². The number of carbonyl (C=O) groups excluding carboxylic acids is 2. The second-order valence-electron chi connectivity index (χ2n) is 17.2. The molecule has 5 aliphatic carbocycles. The van der Waals surface area contributed by atoms with E-state index in [0.717, 1.165) is 73.6 Å². The summed E-state index contributed by atoms with van der Waals surface area (Å²) in [5.74, 6) is 1.59. The van der Waals surface area contributed by atoms with E-state index in [1.807, 2.05) is 0 Å². The van der Waals surface area contributed by atoms with Gasteiger partial charge < -0.3 is 0 Å². The highest BCUT2D eigenvalue weighted by molar-refractivity contribution is 6.34. The van der Waals surface area contributed by atoms with E-state index < -0.39 is 0 Å². The summed E-state index contributed by atoms with van der Waals surface area (Å²) in [6.45, 7) is 0. The van der Waals surface area contributed by atoms with Crippen molar-refractivity contribution in [1.29, 1.82) is 0 Å². The smallest absolute Gasteiger partial charge is 0.195 e. The van der Waals surface area contributed by atoms with Crippen LogP contribution in [0.3, 0.4) is 0 Å². The summed E-state index contributed by atoms with van der Waals surface area (Å²) in [6, 6.07) is 27.1. The molecule has 4 fully saturated rings. The van der Waals surface area contributed by atoms with E-state index in [2.05, 4.69) is 72.8 Å². The fraction of sp³-hybridized carbons (Fsp3) is 0.400. The molecule has 0 spiro atoms. The van der Waals surface area contributed by atoms with Gasteiger partial charge in [0.2, 0.25) is 0 Å². The van der Waals surface area contributed by atoms with E-state index in [1.54, 1.807) is 0 Å². The number of benzene rings is 6. The van der Waals surface area contributed by atoms with Crippen molar-refractivity contribution in [2.75, 3.05) is 0 Å². The van der Waals surface area contributed by atoms with Gasteiger partial charge in [-0.05, 0) is 165 Å². The lowest BCUT2D eigenvalue weighted by Gasteiger charge is -2.34. The fourth-order valence-electron chi connectivity index (χ4n) is 12.2. The number of carbonyl (C=O) groups is 2. The van der Waals surface area contributed by atoms with E-state index in [4.69, 9.17) is 0 Å². The van der Waals surface area contributed by atoms with Crippen LogP contribution in [0.25, 0.3) is 43.1 Å². The van der Waals surface area contributed by atoms with Gasteiger partial charge in [0.15, 0.2) is 11.6 Å². The Hall–Kier alpha value is -4.30. The van der Waals surface area contributed by atoms with E-state index in [0.29, 0.717) is 23.7 Å². The van der Waals surface area contributed by atoms with Gasteiger partial charge in [-0.2, -0.15) is 0 Å². The molecule has 6 aromatic rings. The monoisotopic (exact) mass is 680 g/mol. The van der Waals surface area contributed by atoms with Crippen LogP contribution in [0.2, 0.25) is 0 Å². The maximum Gasteiger partial charge on any atom is 0.195 e. The molecular formula is C50H48O2. The first-order chi connectivity index (χ1) is 25.7. The van der Waals surface area contributed by atoms with Gasteiger partial charge >= 0.3 is 0 Å². The Bertz CT molecular complexity index is 2130. The Morgan fingerprint density at radius 1 is 0.327 bits per heavy atom. The number of hydrogen-bond donors (Lipinski definition) is 0. The van der Waals surface area contributed by atoms with Gasteiger partial charge in [-0.25, -0.2) is 0 Å². The number of ketones is 2. The summed E-state index contributed by atoms with van der Waals surface area (Å²) < 4.78 is 0. The predicted molar refractivity (Wildman–Crippen MR) is 215 cm³/mol. The third-order valence-corrected chi connectivity index (χ3v) is 14.5. The molecule has 11 rings (SSSR count). The van der Waals surface area contributed by atoms with Gasteiger partial charge in [0.1, 0.15) is 0 Å². The number of rotatable bonds is 4. The summed E-state index contributed by atoms with van der Waals surface area (Å²) in [4.78, 5) is 32.4. The molecule has 260 valence electrons. The third kappa shape index (κ3) is 4.55. The first-order valence-corrected chi connectivity index (χ1v) is 20.8. The summed E-state index contributed by atoms with van der Waals surface area (Å²) in [5, 5.41) is 9.93. The molecule has 2 nitrogen and oxygen atoms in total. The Kier molecular flexibility index (Phi) is 7.28. The van der Waals surface area contributed by atoms with E-state index in [-0.39, 0.29) is 11.6 Å². The molecule has 0 radical (unpaired) electrons. The van der Waals surface area contributed by atoms with Crippen molar-refractivity contribution in [3.63, 3.8) is 0 Å². The van der Waals surface area contributed by atoms with Crippen LogP contribution < -0.4 is 0 Å². The Labute approximate surface area is 307 Å². The molecular weight excluding hydrogens is 633 g/mol. The second-order valence-corrected chi connectivity index (χ2v) is 17.2. The zero-order chi connectivity index (χ0) is 34.5. The van der Waals surface area contributed by atoms with Crippen molar-refractivity contribution < 1.29 is 9.59 Å². The lowest BCUT2D eigenvalue weighted by atomic mass is 9.67. The fourth-order valence-corrected chi connectivity index (χ4v) is 12.2. The molecule has 2 heteroatoms. The zero-order valence-corrected chi connectivity index (χ0v) is 30.4. The van der Waals surface area contributed by atoms with Crippen molar-refractivity contribution >= 4 is 54.7 Å². The standard InChI is InChI=1S/C50H48O2/c51-49-45-41(29-13-1-2-14-29)37-25-33-21-9-10-22-34(33)26-38(37)42(30-15-3-4-16-30)46(45)50(52)48-44(32-19-7-8-20-32)40-28-36-24-12-11-23-35(36)27-39(40)43(47(48)49)31-17-5-6-18-31/h9-12,21-32H,1-8,13-20H2. The highest BCUT2D eigenvalue weighted by atomic mass is 16.1. The van der Waals surface area contributed by atoms with E-state index >= 15 is 9.59 Å². The molecule has 52 heavy (non-hydrogen) atoms. The number of hydrogen-bond acceptors (Lipinski definition) is 2. The molecule has 0 amide bonds. The maximum absolute atomic E-state index is 16.2. The molecule has 0 N–H and O–H groups in total. The lowest BCUT2D eigenvalue weighted by molar-refractivity contribution is 0.0975. The molecule has 0 aliphatic heterocycles. The van der Waals surface area contributed by atoms with Gasteiger partial charge in [0.25, 0.3) is 0 Å². The average molecular weight is 681 g/mol. The average Bonchev–Trinajstić information content (AvgIpc) is 4.02. The predicted octanol–water partition coefficient (Wildman–Crippen LogP) is 13.7. The van der Waals surface area contributed by atoms with Crippen LogP contribution in [0.1, 0.15) is 181 Å². The third-order valence-electron chi connectivity index (χ3n) is 14.5. The topological polar surface area (TPSA) is 34.1 Å². The van der Waals surface area contributed by atoms with Crippen LogP contribution in [0.5, 0.6) is 0 Å². The molecule has 0 atom stereocenters. The van der Waals surface area contributed by atoms with Crippen LogP contribution in [-0.2, 0) is 0 Å².